The van der Waals surface area contributed by atoms with Crippen LogP contribution in [0.4, 0.5) is 0 Å². The first kappa shape index (κ1) is 14.0. The van der Waals surface area contributed by atoms with Crippen LogP contribution >= 0.6 is 0 Å². The largest absolute Gasteiger partial charge is 0.497 e. The molecular formula is C18H16N2O2. The van der Waals surface area contributed by atoms with E-state index in [1.54, 1.807) is 14.2 Å². The maximum atomic E-state index is 9.23. The zero-order chi connectivity index (χ0) is 15.5. The smallest absolute Gasteiger partial charge is 0.131 e. The van der Waals surface area contributed by atoms with E-state index >= 15 is 0 Å². The third kappa shape index (κ3) is 2.38. The van der Waals surface area contributed by atoms with Crippen molar-refractivity contribution in [3.63, 3.8) is 0 Å². The Balaban J connectivity index is 2.10. The average molecular weight is 292 g/mol. The van der Waals surface area contributed by atoms with E-state index in [1.807, 2.05) is 48.7 Å². The topological polar surface area (TPSA) is 47.2 Å². The van der Waals surface area contributed by atoms with E-state index in [-0.39, 0.29) is 0 Å². The van der Waals surface area contributed by atoms with Gasteiger partial charge in [0.2, 0.25) is 0 Å². The molecule has 0 saturated carbocycles. The average Bonchev–Trinajstić information content (AvgIpc) is 2.97. The van der Waals surface area contributed by atoms with Gasteiger partial charge in [-0.15, -0.1) is 0 Å². The van der Waals surface area contributed by atoms with Gasteiger partial charge in [-0.05, 0) is 17.7 Å². The zero-order valence-electron chi connectivity index (χ0n) is 12.5. The van der Waals surface area contributed by atoms with Crippen LogP contribution in [-0.4, -0.2) is 18.8 Å². The number of hydrogen-bond acceptors (Lipinski definition) is 3. The van der Waals surface area contributed by atoms with E-state index in [0.717, 1.165) is 28.0 Å². The molecule has 0 aliphatic carbocycles. The molecule has 22 heavy (non-hydrogen) atoms. The first-order chi connectivity index (χ1) is 10.8. The van der Waals surface area contributed by atoms with Gasteiger partial charge in [0.15, 0.2) is 0 Å². The van der Waals surface area contributed by atoms with Crippen molar-refractivity contribution in [1.29, 1.82) is 5.26 Å². The van der Waals surface area contributed by atoms with Crippen LogP contribution in [-0.2, 0) is 6.54 Å². The van der Waals surface area contributed by atoms with Gasteiger partial charge in [-0.25, -0.2) is 0 Å². The highest BCUT2D eigenvalue weighted by molar-refractivity contribution is 5.88. The van der Waals surface area contributed by atoms with Crippen molar-refractivity contribution in [3.05, 3.63) is 59.8 Å². The molecule has 1 heterocycles. The second-order valence-electron chi connectivity index (χ2n) is 4.98. The Morgan fingerprint density at radius 1 is 1.09 bits per heavy atom. The predicted molar refractivity (Wildman–Crippen MR) is 85.3 cm³/mol. The number of aromatic nitrogens is 1. The Labute approximate surface area is 129 Å². The fraction of sp³-hybridized carbons (Fsp3) is 0.167. The summed E-state index contributed by atoms with van der Waals surface area (Å²) in [6.07, 6.45) is 2.00. The molecule has 0 bridgehead atoms. The molecule has 1 aromatic heterocycles. The Bertz CT molecular complexity index is 859. The van der Waals surface area contributed by atoms with Crippen molar-refractivity contribution in [1.82, 2.24) is 4.57 Å². The fourth-order valence-electron chi connectivity index (χ4n) is 2.61. The van der Waals surface area contributed by atoms with Gasteiger partial charge in [0, 0.05) is 30.3 Å². The molecule has 0 saturated heterocycles. The van der Waals surface area contributed by atoms with E-state index in [2.05, 4.69) is 10.6 Å². The molecule has 0 radical (unpaired) electrons. The second kappa shape index (κ2) is 5.82. The van der Waals surface area contributed by atoms with E-state index < -0.39 is 0 Å². The van der Waals surface area contributed by atoms with Gasteiger partial charge in [-0.2, -0.15) is 5.26 Å². The number of hydrogen-bond donors (Lipinski definition) is 0. The highest BCUT2D eigenvalue weighted by Gasteiger charge is 2.10. The Kier molecular flexibility index (Phi) is 3.71. The van der Waals surface area contributed by atoms with Gasteiger partial charge in [-0.3, -0.25) is 0 Å². The predicted octanol–water partition coefficient (Wildman–Crippen LogP) is 3.58. The molecule has 4 nitrogen and oxygen atoms in total. The molecule has 0 amide bonds. The SMILES string of the molecule is COc1cc(OC)c2ccn(Cc3ccccc3C#N)c2c1. The Hall–Kier alpha value is -2.93. The lowest BCUT2D eigenvalue weighted by molar-refractivity contribution is 0.398. The lowest BCUT2D eigenvalue weighted by atomic mass is 10.1. The number of fused-ring (bicyclic) bond motifs is 1. The number of nitriles is 1. The van der Waals surface area contributed by atoms with Crippen molar-refractivity contribution >= 4 is 10.9 Å². The summed E-state index contributed by atoms with van der Waals surface area (Å²) in [5.74, 6) is 1.53. The second-order valence-corrected chi connectivity index (χ2v) is 4.98. The Morgan fingerprint density at radius 2 is 1.91 bits per heavy atom. The van der Waals surface area contributed by atoms with Gasteiger partial charge in [-0.1, -0.05) is 18.2 Å². The maximum absolute atomic E-state index is 9.23. The number of ether oxygens (including phenoxy) is 2. The molecule has 0 atom stereocenters. The van der Waals surface area contributed by atoms with Gasteiger partial charge in [0.05, 0.1) is 31.4 Å². The molecule has 3 rings (SSSR count). The molecule has 110 valence electrons. The summed E-state index contributed by atoms with van der Waals surface area (Å²) in [5, 5.41) is 10.3. The minimum atomic E-state index is 0.629. The summed E-state index contributed by atoms with van der Waals surface area (Å²) in [6.45, 7) is 0.629. The molecule has 0 aliphatic rings. The third-order valence-corrected chi connectivity index (χ3v) is 3.76. The fourth-order valence-corrected chi connectivity index (χ4v) is 2.61. The minimum absolute atomic E-state index is 0.629. The van der Waals surface area contributed by atoms with Crippen LogP contribution < -0.4 is 9.47 Å². The molecule has 0 aliphatic heterocycles. The number of methoxy groups -OCH3 is 2. The van der Waals surface area contributed by atoms with Crippen LogP contribution in [0.1, 0.15) is 11.1 Å². The van der Waals surface area contributed by atoms with Gasteiger partial charge >= 0.3 is 0 Å². The summed E-state index contributed by atoms with van der Waals surface area (Å²) in [5.41, 5.74) is 2.70. The summed E-state index contributed by atoms with van der Waals surface area (Å²) in [6, 6.07) is 15.7. The first-order valence-corrected chi connectivity index (χ1v) is 6.95. The lowest BCUT2D eigenvalue weighted by Crippen LogP contribution is -2.00. The Morgan fingerprint density at radius 3 is 2.64 bits per heavy atom. The van der Waals surface area contributed by atoms with Crippen molar-refractivity contribution in [2.45, 2.75) is 6.54 Å². The van der Waals surface area contributed by atoms with E-state index in [1.165, 1.54) is 0 Å². The summed E-state index contributed by atoms with van der Waals surface area (Å²) in [7, 11) is 3.29. The maximum Gasteiger partial charge on any atom is 0.131 e. The van der Waals surface area contributed by atoms with Crippen molar-refractivity contribution in [2.75, 3.05) is 14.2 Å². The molecule has 0 unspecified atom stereocenters. The summed E-state index contributed by atoms with van der Waals surface area (Å²) >= 11 is 0. The molecule has 2 aromatic carbocycles. The summed E-state index contributed by atoms with van der Waals surface area (Å²) in [4.78, 5) is 0. The van der Waals surface area contributed by atoms with Crippen molar-refractivity contribution < 1.29 is 9.47 Å². The van der Waals surface area contributed by atoms with Crippen LogP contribution in [0.15, 0.2) is 48.7 Å². The first-order valence-electron chi connectivity index (χ1n) is 6.95. The third-order valence-electron chi connectivity index (χ3n) is 3.76. The number of nitrogens with zero attached hydrogens (tertiary/aromatic N) is 2. The quantitative estimate of drug-likeness (QED) is 0.738. The molecule has 0 N–H and O–H groups in total. The van der Waals surface area contributed by atoms with Crippen LogP contribution in [0, 0.1) is 11.3 Å². The van der Waals surface area contributed by atoms with Crippen molar-refractivity contribution in [2.24, 2.45) is 0 Å². The highest BCUT2D eigenvalue weighted by atomic mass is 16.5. The van der Waals surface area contributed by atoms with Crippen LogP contribution in [0.2, 0.25) is 0 Å². The normalized spacial score (nSPS) is 10.4. The van der Waals surface area contributed by atoms with E-state index in [0.29, 0.717) is 12.1 Å². The van der Waals surface area contributed by atoms with E-state index in [9.17, 15) is 5.26 Å². The zero-order valence-corrected chi connectivity index (χ0v) is 12.5. The van der Waals surface area contributed by atoms with Crippen LogP contribution in [0.25, 0.3) is 10.9 Å². The molecule has 0 spiro atoms. The lowest BCUT2D eigenvalue weighted by Gasteiger charge is -2.10. The minimum Gasteiger partial charge on any atom is -0.497 e. The van der Waals surface area contributed by atoms with Gasteiger partial charge in [0.1, 0.15) is 11.5 Å². The summed E-state index contributed by atoms with van der Waals surface area (Å²) < 4.78 is 12.9. The molecular weight excluding hydrogens is 276 g/mol. The molecule has 3 aromatic rings. The standard InChI is InChI=1S/C18H16N2O2/c1-21-15-9-17-16(18(10-15)22-2)7-8-20(17)12-14-6-4-3-5-13(14)11-19/h3-10H,12H2,1-2H3. The van der Waals surface area contributed by atoms with Crippen LogP contribution in [0.3, 0.4) is 0 Å². The van der Waals surface area contributed by atoms with Gasteiger partial charge < -0.3 is 14.0 Å². The number of rotatable bonds is 4. The van der Waals surface area contributed by atoms with Crippen LogP contribution in [0.5, 0.6) is 11.5 Å². The number of benzene rings is 2. The monoisotopic (exact) mass is 292 g/mol. The van der Waals surface area contributed by atoms with Gasteiger partial charge in [0.25, 0.3) is 0 Å². The van der Waals surface area contributed by atoms with Crippen molar-refractivity contribution in [3.8, 4) is 17.6 Å². The molecule has 0 fully saturated rings. The van der Waals surface area contributed by atoms with E-state index in [4.69, 9.17) is 9.47 Å². The molecule has 4 heteroatoms. The highest BCUT2D eigenvalue weighted by Crippen LogP contribution is 2.32.